The van der Waals surface area contributed by atoms with E-state index >= 15 is 0 Å². The Balaban J connectivity index is 1.15. The molecule has 0 aliphatic carbocycles. The monoisotopic (exact) mass is 757 g/mol. The number of piperazine rings is 1. The third-order valence-corrected chi connectivity index (χ3v) is 10.7. The number of hydrogen-bond donors (Lipinski definition) is 3. The lowest BCUT2D eigenvalue weighted by atomic mass is 10.2. The zero-order valence-electron chi connectivity index (χ0n) is 30.2. The average Bonchev–Trinajstić information content (AvgIpc) is 3.76. The summed E-state index contributed by atoms with van der Waals surface area (Å²) in [6, 6.07) is 14.6. The highest BCUT2D eigenvalue weighted by Crippen LogP contribution is 2.34. The first kappa shape index (κ1) is 38.0. The van der Waals surface area contributed by atoms with E-state index in [1.54, 1.807) is 23.5 Å². The van der Waals surface area contributed by atoms with Crippen molar-refractivity contribution in [3.63, 3.8) is 0 Å². The number of hydrogen-bond acceptors (Lipinski definition) is 13. The molecule has 5 aromatic rings. The highest BCUT2D eigenvalue weighted by atomic mass is 32.1. The summed E-state index contributed by atoms with van der Waals surface area (Å²) in [6.45, 7) is 8.38. The van der Waals surface area contributed by atoms with Crippen molar-refractivity contribution in [2.45, 2.75) is 32.6 Å². The molecule has 0 radical (unpaired) electrons. The lowest BCUT2D eigenvalue weighted by molar-refractivity contribution is 0.0690. The Morgan fingerprint density at radius 1 is 1.08 bits per heavy atom. The maximum atomic E-state index is 14.7. The van der Waals surface area contributed by atoms with Crippen LogP contribution in [0.15, 0.2) is 48.5 Å². The summed E-state index contributed by atoms with van der Waals surface area (Å²) in [5, 5.41) is 27.2. The van der Waals surface area contributed by atoms with E-state index in [4.69, 9.17) is 4.74 Å². The minimum Gasteiger partial charge on any atom is -0.491 e. The van der Waals surface area contributed by atoms with Gasteiger partial charge in [-0.05, 0) is 95.2 Å². The van der Waals surface area contributed by atoms with E-state index in [0.717, 1.165) is 66.5 Å². The number of benzene rings is 2. The van der Waals surface area contributed by atoms with Crippen LogP contribution in [0.25, 0.3) is 10.2 Å². The Morgan fingerprint density at radius 2 is 1.91 bits per heavy atom. The fraction of sp³-hybridized carbons (Fsp3) is 0.395. The molecular formula is C38H44FN9O3S2. The second-order valence-corrected chi connectivity index (χ2v) is 15.1. The number of unbranched alkanes of at least 4 members (excludes halogenated alkanes) is 1. The summed E-state index contributed by atoms with van der Waals surface area (Å²) >= 11 is 2.87. The Bertz CT molecular complexity index is 2040. The first-order chi connectivity index (χ1) is 25.7. The summed E-state index contributed by atoms with van der Waals surface area (Å²) in [7, 11) is 3.84. The number of nitrogens with one attached hydrogen (secondary N) is 2. The topological polar surface area (TPSA) is 132 Å². The zero-order valence-corrected chi connectivity index (χ0v) is 31.8. The lowest BCUT2D eigenvalue weighted by Crippen LogP contribution is -2.43. The third kappa shape index (κ3) is 10.5. The molecule has 12 nitrogen and oxygen atoms in total. The molecule has 1 fully saturated rings. The number of aryl methyl sites for hydroxylation is 2. The number of fused-ring (bicyclic) bond motifs is 1. The second kappa shape index (κ2) is 18.4. The minimum atomic E-state index is -1.10. The minimum absolute atomic E-state index is 0.00135. The first-order valence-electron chi connectivity index (χ1n) is 17.7. The summed E-state index contributed by atoms with van der Waals surface area (Å²) in [4.78, 5) is 28.6. The van der Waals surface area contributed by atoms with Crippen molar-refractivity contribution in [3.8, 4) is 17.6 Å². The zero-order chi connectivity index (χ0) is 37.2. The number of para-hydroxylation sites is 1. The molecule has 6 rings (SSSR count). The second-order valence-electron chi connectivity index (χ2n) is 13.0. The van der Waals surface area contributed by atoms with Crippen molar-refractivity contribution in [2.75, 3.05) is 76.7 Å². The van der Waals surface area contributed by atoms with Crippen LogP contribution in [-0.2, 0) is 6.42 Å². The molecule has 2 aromatic carbocycles. The molecule has 0 unspecified atom stereocenters. The van der Waals surface area contributed by atoms with E-state index < -0.39 is 11.8 Å². The number of anilines is 4. The number of thiazole rings is 2. The average molecular weight is 758 g/mol. The predicted molar refractivity (Wildman–Crippen MR) is 210 cm³/mol. The summed E-state index contributed by atoms with van der Waals surface area (Å²) in [6.07, 6.45) is 2.71. The SMILES string of the molecule is Cc1cc(N(CCCCN2CCNCC2)c2nc(C(=O)O)c(CCCOc3ccc(C#CCN(C)C)cc3F)s2)nnc1Nc1nc2ccccc2s1. The molecule has 1 aliphatic rings. The van der Waals surface area contributed by atoms with E-state index in [9.17, 15) is 14.3 Å². The number of ether oxygens (including phenoxy) is 1. The van der Waals surface area contributed by atoms with Crippen LogP contribution in [0, 0.1) is 24.6 Å². The first-order valence-corrected chi connectivity index (χ1v) is 19.3. The number of carbonyl (C=O) groups is 1. The number of carboxylic acid groups (broad SMARTS) is 1. The van der Waals surface area contributed by atoms with Gasteiger partial charge in [-0.3, -0.25) is 4.90 Å². The van der Waals surface area contributed by atoms with Gasteiger partial charge in [-0.15, -0.1) is 21.5 Å². The molecular weight excluding hydrogens is 714 g/mol. The molecule has 0 amide bonds. The van der Waals surface area contributed by atoms with Gasteiger partial charge < -0.3 is 30.3 Å². The van der Waals surface area contributed by atoms with Crippen LogP contribution < -0.4 is 20.3 Å². The van der Waals surface area contributed by atoms with Crippen molar-refractivity contribution in [1.29, 1.82) is 0 Å². The summed E-state index contributed by atoms with van der Waals surface area (Å²) in [5.74, 6) is 5.68. The van der Waals surface area contributed by atoms with Gasteiger partial charge in [0.15, 0.2) is 39.2 Å². The number of aromatic carboxylic acids is 1. The number of halogens is 1. The molecule has 3 N–H and O–H groups in total. The molecule has 0 atom stereocenters. The molecule has 15 heteroatoms. The van der Waals surface area contributed by atoms with Gasteiger partial charge in [-0.1, -0.05) is 35.3 Å². The van der Waals surface area contributed by atoms with Gasteiger partial charge in [0.05, 0.1) is 23.4 Å². The fourth-order valence-electron chi connectivity index (χ4n) is 5.80. The van der Waals surface area contributed by atoms with Crippen molar-refractivity contribution in [3.05, 3.63) is 76.0 Å². The molecule has 0 bridgehead atoms. The third-order valence-electron chi connectivity index (χ3n) is 8.57. The van der Waals surface area contributed by atoms with Gasteiger partial charge in [-0.25, -0.2) is 19.2 Å². The maximum absolute atomic E-state index is 14.7. The van der Waals surface area contributed by atoms with Gasteiger partial charge in [0.2, 0.25) is 0 Å². The Hall–Kier alpha value is -4.72. The van der Waals surface area contributed by atoms with Gasteiger partial charge >= 0.3 is 5.97 Å². The largest absolute Gasteiger partial charge is 0.491 e. The van der Waals surface area contributed by atoms with Crippen LogP contribution in [0.5, 0.6) is 5.75 Å². The highest BCUT2D eigenvalue weighted by molar-refractivity contribution is 7.22. The van der Waals surface area contributed by atoms with E-state index in [0.29, 0.717) is 53.1 Å². The molecule has 278 valence electrons. The van der Waals surface area contributed by atoms with Crippen LogP contribution in [0.3, 0.4) is 0 Å². The number of rotatable bonds is 16. The van der Waals surface area contributed by atoms with Gasteiger partial charge in [0.1, 0.15) is 0 Å². The molecule has 3 aromatic heterocycles. The molecule has 0 spiro atoms. The quantitative estimate of drug-likeness (QED) is 0.0785. The van der Waals surface area contributed by atoms with Crippen molar-refractivity contribution in [1.82, 2.24) is 35.3 Å². The Labute approximate surface area is 317 Å². The molecule has 1 aliphatic heterocycles. The van der Waals surface area contributed by atoms with Crippen LogP contribution in [0.1, 0.15) is 45.8 Å². The summed E-state index contributed by atoms with van der Waals surface area (Å²) < 4.78 is 21.5. The number of aromatic nitrogens is 4. The summed E-state index contributed by atoms with van der Waals surface area (Å²) in [5.41, 5.74) is 2.36. The Morgan fingerprint density at radius 3 is 2.66 bits per heavy atom. The molecule has 4 heterocycles. The van der Waals surface area contributed by atoms with E-state index in [2.05, 4.69) is 47.5 Å². The van der Waals surface area contributed by atoms with Gasteiger partial charge in [0, 0.05) is 43.2 Å². The van der Waals surface area contributed by atoms with Crippen LogP contribution in [0.2, 0.25) is 0 Å². The fourth-order valence-corrected chi connectivity index (χ4v) is 7.80. The molecule has 1 saturated heterocycles. The van der Waals surface area contributed by atoms with Gasteiger partial charge in [0.25, 0.3) is 0 Å². The van der Waals surface area contributed by atoms with Crippen LogP contribution >= 0.6 is 22.7 Å². The number of carboxylic acids is 1. The maximum Gasteiger partial charge on any atom is 0.355 e. The lowest BCUT2D eigenvalue weighted by Gasteiger charge is -2.27. The highest BCUT2D eigenvalue weighted by Gasteiger charge is 2.23. The standard InChI is InChI=1S/C38H44FN9O3S2/c1-26-24-33(44-45-35(26)43-37-41-29-11-4-5-12-31(29)52-37)48(20-7-6-19-47-21-16-40-17-22-47)38-42-34(36(49)50)32(53-38)13-9-23-51-30-15-14-27(25-28(30)39)10-8-18-46(2)3/h4-5,11-12,14-15,24-25,40H,6-7,9,13,16-23H2,1-3H3,(H,49,50)(H,41,43,45). The van der Waals surface area contributed by atoms with E-state index in [1.165, 1.54) is 17.4 Å². The molecule has 0 saturated carbocycles. The van der Waals surface area contributed by atoms with Crippen LogP contribution in [0.4, 0.5) is 26.3 Å². The van der Waals surface area contributed by atoms with Crippen LogP contribution in [-0.4, -0.2) is 108 Å². The Kier molecular flexibility index (Phi) is 13.2. The number of nitrogens with zero attached hydrogens (tertiary/aromatic N) is 7. The normalized spacial score (nSPS) is 13.2. The van der Waals surface area contributed by atoms with E-state index in [1.807, 2.05) is 61.2 Å². The van der Waals surface area contributed by atoms with Crippen molar-refractivity contribution in [2.24, 2.45) is 0 Å². The van der Waals surface area contributed by atoms with Gasteiger partial charge in [-0.2, -0.15) is 0 Å². The van der Waals surface area contributed by atoms with E-state index in [-0.39, 0.29) is 18.1 Å². The smallest absolute Gasteiger partial charge is 0.355 e. The predicted octanol–water partition coefficient (Wildman–Crippen LogP) is 6.18. The van der Waals surface area contributed by atoms with Crippen molar-refractivity contribution < 1.29 is 19.0 Å². The molecule has 53 heavy (non-hydrogen) atoms. The van der Waals surface area contributed by atoms with Crippen molar-refractivity contribution >= 4 is 60.8 Å².